The molecule has 0 saturated carbocycles. The number of hydrogen-bond acceptors (Lipinski definition) is 0. The first-order valence-corrected chi connectivity index (χ1v) is 23.5. The fourth-order valence-electron chi connectivity index (χ4n) is 11.4. The van der Waals surface area contributed by atoms with E-state index in [-0.39, 0.29) is 11.4 Å². The Bertz CT molecular complexity index is 4160. The number of halogens is 6. The van der Waals surface area contributed by atoms with Crippen molar-refractivity contribution in [3.05, 3.63) is 230 Å². The van der Waals surface area contributed by atoms with E-state index in [9.17, 15) is 0 Å². The normalized spacial score (nSPS) is 12.6. The Morgan fingerprint density at radius 2 is 0.500 bits per heavy atom. The van der Waals surface area contributed by atoms with Gasteiger partial charge in [0.2, 0.25) is 0 Å². The zero-order valence-corrected chi connectivity index (χ0v) is 37.8. The van der Waals surface area contributed by atoms with E-state index in [0.717, 1.165) is 88.7 Å². The van der Waals surface area contributed by atoms with E-state index in [1.165, 1.54) is 24.3 Å². The molecule has 0 spiro atoms. The van der Waals surface area contributed by atoms with Gasteiger partial charge in [-0.1, -0.05) is 121 Å². The average molecular weight is 951 g/mol. The first kappa shape index (κ1) is 41.9. The van der Waals surface area contributed by atoms with Crippen molar-refractivity contribution in [1.82, 2.24) is 18.3 Å². The van der Waals surface area contributed by atoms with Crippen LogP contribution in [-0.4, -0.2) is 18.3 Å². The lowest BCUT2D eigenvalue weighted by atomic mass is 9.99. The van der Waals surface area contributed by atoms with Gasteiger partial charge in [0.1, 0.15) is 0 Å². The lowest BCUT2D eigenvalue weighted by molar-refractivity contribution is -0.138. The van der Waals surface area contributed by atoms with Crippen molar-refractivity contribution < 1.29 is 26.3 Å². The van der Waals surface area contributed by atoms with Crippen molar-refractivity contribution in [2.45, 2.75) is 12.4 Å². The van der Waals surface area contributed by atoms with Crippen LogP contribution in [0.5, 0.6) is 0 Å². The molecule has 0 unspecified atom stereocenters. The molecule has 4 heterocycles. The van der Waals surface area contributed by atoms with E-state index < -0.39 is 23.5 Å². The van der Waals surface area contributed by atoms with Crippen LogP contribution in [0.3, 0.4) is 0 Å². The van der Waals surface area contributed by atoms with Crippen molar-refractivity contribution in [3.8, 4) is 33.9 Å². The van der Waals surface area contributed by atoms with Crippen molar-refractivity contribution in [1.29, 1.82) is 0 Å². The molecule has 0 atom stereocenters. The Morgan fingerprint density at radius 3 is 0.806 bits per heavy atom. The van der Waals surface area contributed by atoms with Crippen LogP contribution in [0.1, 0.15) is 11.1 Å². The van der Waals surface area contributed by atoms with Crippen LogP contribution >= 0.6 is 0 Å². The minimum atomic E-state index is -4.78. The maximum atomic E-state index is 15.4. The Hall–Kier alpha value is -9.02. The third-order valence-electron chi connectivity index (χ3n) is 14.4. The molecule has 0 bridgehead atoms. The van der Waals surface area contributed by atoms with Gasteiger partial charge in [-0.25, -0.2) is 0 Å². The fourth-order valence-corrected chi connectivity index (χ4v) is 11.4. The SMILES string of the molecule is FC(F)(F)c1ccc(-c2ccc(C(F)(F)F)c(-n3c4ccccc4c4cc(-n5c6ccccc6c6ccccc65)ccc43)c2)cc1-n1c2ccccc2c2cc(-n3c4ccccc4c4ccccc43)ccc21. The lowest BCUT2D eigenvalue weighted by Gasteiger charge is -2.20. The maximum Gasteiger partial charge on any atom is 0.418 e. The van der Waals surface area contributed by atoms with Gasteiger partial charge in [-0.15, -0.1) is 0 Å². The van der Waals surface area contributed by atoms with Crippen molar-refractivity contribution >= 4 is 87.2 Å². The van der Waals surface area contributed by atoms with Crippen molar-refractivity contribution in [2.75, 3.05) is 0 Å². The van der Waals surface area contributed by atoms with Gasteiger partial charge in [0, 0.05) is 54.5 Å². The smallest absolute Gasteiger partial charge is 0.309 e. The second-order valence-electron chi connectivity index (χ2n) is 18.3. The molecule has 0 fully saturated rings. The maximum absolute atomic E-state index is 15.4. The summed E-state index contributed by atoms with van der Waals surface area (Å²) < 4.78 is 99.9. The van der Waals surface area contributed by atoms with Crippen LogP contribution in [0.25, 0.3) is 121 Å². The second kappa shape index (κ2) is 15.2. The van der Waals surface area contributed by atoms with Crippen LogP contribution in [0, 0.1) is 0 Å². The third-order valence-corrected chi connectivity index (χ3v) is 14.4. The Balaban J connectivity index is 0.967. The predicted molar refractivity (Wildman–Crippen MR) is 279 cm³/mol. The summed E-state index contributed by atoms with van der Waals surface area (Å²) in [6, 6.07) is 66.5. The summed E-state index contributed by atoms with van der Waals surface area (Å²) in [5.74, 6) is 0. The lowest BCUT2D eigenvalue weighted by Crippen LogP contribution is -2.12. The average Bonchev–Trinajstić information content (AvgIpc) is 4.12. The number of nitrogens with zero attached hydrogens (tertiary/aromatic N) is 4. The van der Waals surface area contributed by atoms with E-state index in [1.54, 1.807) is 33.4 Å². The Labute approximate surface area is 406 Å². The van der Waals surface area contributed by atoms with Gasteiger partial charge in [0.05, 0.1) is 66.6 Å². The van der Waals surface area contributed by atoms with Crippen LogP contribution in [0.4, 0.5) is 26.3 Å². The monoisotopic (exact) mass is 950 g/mol. The topological polar surface area (TPSA) is 19.7 Å². The molecule has 0 radical (unpaired) electrons. The Kier molecular flexibility index (Phi) is 8.87. The fraction of sp³-hybridized carbons (Fsp3) is 0.0323. The van der Waals surface area contributed by atoms with Crippen LogP contribution in [0.15, 0.2) is 218 Å². The molecule has 0 aliphatic heterocycles. The molecule has 72 heavy (non-hydrogen) atoms. The number of rotatable bonds is 5. The highest BCUT2D eigenvalue weighted by atomic mass is 19.4. The molecule has 0 aliphatic carbocycles. The molecule has 346 valence electrons. The number of para-hydroxylation sites is 6. The minimum absolute atomic E-state index is 0.147. The first-order valence-electron chi connectivity index (χ1n) is 23.5. The van der Waals surface area contributed by atoms with Gasteiger partial charge in [-0.3, -0.25) is 0 Å². The molecular weight excluding hydrogens is 915 g/mol. The summed E-state index contributed by atoms with van der Waals surface area (Å²) in [5.41, 5.74) is 6.43. The van der Waals surface area contributed by atoms with Crippen molar-refractivity contribution in [2.24, 2.45) is 0 Å². The predicted octanol–water partition coefficient (Wildman–Crippen LogP) is 17.8. The van der Waals surface area contributed by atoms with Crippen LogP contribution < -0.4 is 0 Å². The van der Waals surface area contributed by atoms with Gasteiger partial charge >= 0.3 is 12.4 Å². The van der Waals surface area contributed by atoms with Gasteiger partial charge in [0.15, 0.2) is 0 Å². The highest BCUT2D eigenvalue weighted by molar-refractivity contribution is 6.14. The number of fused-ring (bicyclic) bond motifs is 12. The molecule has 4 nitrogen and oxygen atoms in total. The molecule has 14 aromatic rings. The highest BCUT2D eigenvalue weighted by Crippen LogP contribution is 2.45. The standard InChI is InChI=1S/C62H36F6N4/c63-61(64,65)49-29-25-37(33-59(49)71-55-23-11-5-17-45(55)47-35-39(27-31-57(47)71)69-51-19-7-1-13-41(51)42-14-2-8-20-52(42)69)38-26-30-50(62(66,67)68)60(34-38)72-56-24-12-6-18-46(56)48-36-40(28-32-58(48)72)70-53-21-9-3-15-43(53)44-16-4-10-22-54(44)70/h1-36H. The summed E-state index contributed by atoms with van der Waals surface area (Å²) in [6.07, 6.45) is -9.55. The Morgan fingerprint density at radius 1 is 0.236 bits per heavy atom. The number of aromatic nitrogens is 4. The second-order valence-corrected chi connectivity index (χ2v) is 18.3. The van der Waals surface area contributed by atoms with E-state index in [1.807, 2.05) is 109 Å². The van der Waals surface area contributed by atoms with E-state index in [4.69, 9.17) is 0 Å². The van der Waals surface area contributed by atoms with Gasteiger partial charge in [0.25, 0.3) is 0 Å². The highest BCUT2D eigenvalue weighted by Gasteiger charge is 2.37. The molecule has 0 saturated heterocycles. The molecular formula is C62H36F6N4. The molecule has 0 aliphatic rings. The summed E-state index contributed by atoms with van der Waals surface area (Å²) >= 11 is 0. The zero-order chi connectivity index (χ0) is 48.6. The van der Waals surface area contributed by atoms with Crippen LogP contribution in [-0.2, 0) is 12.4 Å². The summed E-state index contributed by atoms with van der Waals surface area (Å²) in [7, 11) is 0. The molecule has 10 aromatic carbocycles. The van der Waals surface area contributed by atoms with Gasteiger partial charge in [-0.05, 0) is 108 Å². The quantitative estimate of drug-likeness (QED) is 0.153. The largest absolute Gasteiger partial charge is 0.418 e. The first-order chi connectivity index (χ1) is 35.0. The molecule has 0 amide bonds. The third kappa shape index (κ3) is 6.14. The number of benzene rings is 10. The molecule has 4 aromatic heterocycles. The number of alkyl halides is 6. The van der Waals surface area contributed by atoms with E-state index in [2.05, 4.69) is 57.7 Å². The van der Waals surface area contributed by atoms with E-state index >= 15 is 26.3 Å². The summed E-state index contributed by atoms with van der Waals surface area (Å²) in [6.45, 7) is 0. The minimum Gasteiger partial charge on any atom is -0.309 e. The summed E-state index contributed by atoms with van der Waals surface area (Å²) in [4.78, 5) is 0. The van der Waals surface area contributed by atoms with E-state index in [0.29, 0.717) is 33.2 Å². The van der Waals surface area contributed by atoms with Crippen molar-refractivity contribution in [3.63, 3.8) is 0 Å². The summed E-state index contributed by atoms with van der Waals surface area (Å²) in [5, 5.41) is 7.30. The number of hydrogen-bond donors (Lipinski definition) is 0. The molecule has 14 rings (SSSR count). The van der Waals surface area contributed by atoms with Gasteiger partial charge < -0.3 is 18.3 Å². The molecule has 0 N–H and O–H groups in total. The zero-order valence-electron chi connectivity index (χ0n) is 37.8. The van der Waals surface area contributed by atoms with Crippen LogP contribution in [0.2, 0.25) is 0 Å². The van der Waals surface area contributed by atoms with Gasteiger partial charge in [-0.2, -0.15) is 26.3 Å². The molecule has 10 heteroatoms.